The molecule has 1 amide bonds. The second-order valence-electron chi connectivity index (χ2n) is 6.76. The molecule has 0 aliphatic carbocycles. The zero-order valence-corrected chi connectivity index (χ0v) is 14.6. The monoisotopic (exact) mass is 353 g/mol. The fourth-order valence-corrected chi connectivity index (χ4v) is 2.34. The Labute approximate surface area is 146 Å². The second-order valence-corrected chi connectivity index (χ2v) is 6.76. The zero-order valence-electron chi connectivity index (χ0n) is 14.6. The molecule has 1 aromatic carbocycles. The highest BCUT2D eigenvalue weighted by Crippen LogP contribution is 2.29. The van der Waals surface area contributed by atoms with Gasteiger partial charge in [-0.15, -0.1) is 0 Å². The van der Waals surface area contributed by atoms with Gasteiger partial charge in [0.05, 0.1) is 5.56 Å². The Kier molecular flexibility index (Phi) is 5.66. The normalized spacial score (nSPS) is 17.8. The van der Waals surface area contributed by atoms with Crippen LogP contribution in [0.5, 0.6) is 0 Å². The number of rotatable bonds is 2. The van der Waals surface area contributed by atoms with Crippen LogP contribution in [0.2, 0.25) is 0 Å². The SMILES string of the molecule is CCC(C)(C)OC(=O)N1CCC(C#Cc2ccc(C(F)(F)F)cc2)C1. The van der Waals surface area contributed by atoms with Gasteiger partial charge in [0.2, 0.25) is 0 Å². The Hall–Kier alpha value is -2.16. The van der Waals surface area contributed by atoms with Gasteiger partial charge in [-0.05, 0) is 51.0 Å². The molecule has 1 fully saturated rings. The minimum Gasteiger partial charge on any atom is -0.443 e. The number of carbonyl (C=O) groups excluding carboxylic acids is 1. The van der Waals surface area contributed by atoms with Gasteiger partial charge >= 0.3 is 12.3 Å². The number of carbonyl (C=O) groups is 1. The van der Waals surface area contributed by atoms with Crippen LogP contribution in [-0.2, 0) is 10.9 Å². The summed E-state index contributed by atoms with van der Waals surface area (Å²) in [6.07, 6.45) is -3.23. The third-order valence-corrected chi connectivity index (χ3v) is 4.29. The van der Waals surface area contributed by atoms with Gasteiger partial charge in [-0.25, -0.2) is 4.79 Å². The Bertz CT molecular complexity index is 669. The molecule has 0 bridgehead atoms. The molecule has 1 unspecified atom stereocenters. The summed E-state index contributed by atoms with van der Waals surface area (Å²) >= 11 is 0. The molecule has 1 atom stereocenters. The van der Waals surface area contributed by atoms with E-state index in [1.54, 1.807) is 4.90 Å². The molecule has 0 saturated carbocycles. The summed E-state index contributed by atoms with van der Waals surface area (Å²) < 4.78 is 43.0. The van der Waals surface area contributed by atoms with Crippen molar-refractivity contribution in [1.82, 2.24) is 4.90 Å². The number of halogens is 3. The van der Waals surface area contributed by atoms with Gasteiger partial charge in [-0.1, -0.05) is 18.8 Å². The number of nitrogens with zero attached hydrogens (tertiary/aromatic N) is 1. The fraction of sp³-hybridized carbons (Fsp3) is 0.526. The molecule has 0 radical (unpaired) electrons. The minimum absolute atomic E-state index is 0.000388. The number of alkyl halides is 3. The average molecular weight is 353 g/mol. The lowest BCUT2D eigenvalue weighted by molar-refractivity contribution is -0.137. The molecule has 1 saturated heterocycles. The molecule has 1 aromatic rings. The third-order valence-electron chi connectivity index (χ3n) is 4.29. The highest BCUT2D eigenvalue weighted by Gasteiger charge is 2.31. The maximum Gasteiger partial charge on any atom is 0.416 e. The molecule has 0 aromatic heterocycles. The van der Waals surface area contributed by atoms with Gasteiger partial charge in [-0.2, -0.15) is 13.2 Å². The molecule has 25 heavy (non-hydrogen) atoms. The average Bonchev–Trinajstić information content (AvgIpc) is 3.01. The van der Waals surface area contributed by atoms with Crippen LogP contribution in [0.1, 0.15) is 44.7 Å². The maximum atomic E-state index is 12.5. The van der Waals surface area contributed by atoms with Crippen molar-refractivity contribution in [2.75, 3.05) is 13.1 Å². The van der Waals surface area contributed by atoms with E-state index in [4.69, 9.17) is 4.74 Å². The van der Waals surface area contributed by atoms with Crippen molar-refractivity contribution in [1.29, 1.82) is 0 Å². The number of hydrogen-bond acceptors (Lipinski definition) is 2. The van der Waals surface area contributed by atoms with Crippen LogP contribution in [-0.4, -0.2) is 29.7 Å². The first-order chi connectivity index (χ1) is 11.6. The Balaban J connectivity index is 1.93. The van der Waals surface area contributed by atoms with Crippen molar-refractivity contribution in [2.24, 2.45) is 5.92 Å². The Morgan fingerprint density at radius 2 is 1.92 bits per heavy atom. The summed E-state index contributed by atoms with van der Waals surface area (Å²) in [7, 11) is 0. The van der Waals surface area contributed by atoms with Crippen LogP contribution in [0.3, 0.4) is 0 Å². The lowest BCUT2D eigenvalue weighted by Gasteiger charge is -2.26. The van der Waals surface area contributed by atoms with E-state index in [1.807, 2.05) is 20.8 Å². The van der Waals surface area contributed by atoms with E-state index in [2.05, 4.69) is 11.8 Å². The van der Waals surface area contributed by atoms with E-state index >= 15 is 0 Å². The molecule has 0 N–H and O–H groups in total. The van der Waals surface area contributed by atoms with Gasteiger partial charge < -0.3 is 9.64 Å². The molecule has 136 valence electrons. The standard InChI is InChI=1S/C19H22F3NO2/c1-4-18(2,3)25-17(24)23-12-11-15(13-23)6-5-14-7-9-16(10-8-14)19(20,21)22/h7-10,15H,4,11-13H2,1-3H3. The predicted octanol–water partition coefficient (Wildman–Crippen LogP) is 4.70. The first-order valence-electron chi connectivity index (χ1n) is 8.27. The van der Waals surface area contributed by atoms with Gasteiger partial charge in [0.1, 0.15) is 5.60 Å². The van der Waals surface area contributed by atoms with Crippen LogP contribution in [0.25, 0.3) is 0 Å². The van der Waals surface area contributed by atoms with Crippen LogP contribution >= 0.6 is 0 Å². The first kappa shape index (κ1) is 19.2. The molecule has 1 aliphatic heterocycles. The van der Waals surface area contributed by atoms with Crippen molar-refractivity contribution in [3.05, 3.63) is 35.4 Å². The van der Waals surface area contributed by atoms with E-state index in [9.17, 15) is 18.0 Å². The number of ether oxygens (including phenoxy) is 1. The van der Waals surface area contributed by atoms with Crippen LogP contribution in [0, 0.1) is 17.8 Å². The molecule has 1 heterocycles. The smallest absolute Gasteiger partial charge is 0.416 e. The largest absolute Gasteiger partial charge is 0.443 e. The summed E-state index contributed by atoms with van der Waals surface area (Å²) in [5, 5.41) is 0. The maximum absolute atomic E-state index is 12.5. The summed E-state index contributed by atoms with van der Waals surface area (Å²) in [5.74, 6) is 5.92. The number of hydrogen-bond donors (Lipinski definition) is 0. The third kappa shape index (κ3) is 5.42. The number of likely N-dealkylation sites (tertiary alicyclic amines) is 1. The summed E-state index contributed by atoms with van der Waals surface area (Å²) in [5.41, 5.74) is -0.659. The predicted molar refractivity (Wildman–Crippen MR) is 88.9 cm³/mol. The molecule has 0 spiro atoms. The lowest BCUT2D eigenvalue weighted by Crippen LogP contribution is -2.36. The van der Waals surface area contributed by atoms with Gasteiger partial charge in [0.15, 0.2) is 0 Å². The molecular formula is C19H22F3NO2. The van der Waals surface area contributed by atoms with E-state index in [0.717, 1.165) is 25.0 Å². The topological polar surface area (TPSA) is 29.5 Å². The fourth-order valence-electron chi connectivity index (χ4n) is 2.34. The molecular weight excluding hydrogens is 331 g/mol. The Morgan fingerprint density at radius 3 is 2.48 bits per heavy atom. The van der Waals surface area contributed by atoms with Crippen LogP contribution in [0.4, 0.5) is 18.0 Å². The molecule has 6 heteroatoms. The van der Waals surface area contributed by atoms with Gasteiger partial charge in [-0.3, -0.25) is 0 Å². The van der Waals surface area contributed by atoms with Crippen molar-refractivity contribution in [3.8, 4) is 11.8 Å². The molecule has 3 nitrogen and oxygen atoms in total. The minimum atomic E-state index is -4.34. The Morgan fingerprint density at radius 1 is 1.28 bits per heavy atom. The van der Waals surface area contributed by atoms with E-state index in [0.29, 0.717) is 18.7 Å². The highest BCUT2D eigenvalue weighted by atomic mass is 19.4. The molecule has 1 aliphatic rings. The summed E-state index contributed by atoms with van der Waals surface area (Å²) in [6.45, 7) is 6.73. The highest BCUT2D eigenvalue weighted by molar-refractivity contribution is 5.68. The zero-order chi connectivity index (χ0) is 18.7. The second kappa shape index (κ2) is 7.38. The van der Waals surface area contributed by atoms with Crippen molar-refractivity contribution < 1.29 is 22.7 Å². The van der Waals surface area contributed by atoms with Crippen molar-refractivity contribution in [2.45, 2.75) is 45.4 Å². The summed E-state index contributed by atoms with van der Waals surface area (Å²) in [4.78, 5) is 13.7. The van der Waals surface area contributed by atoms with E-state index in [-0.39, 0.29) is 12.0 Å². The molecule has 2 rings (SSSR count). The lowest BCUT2D eigenvalue weighted by atomic mass is 10.1. The van der Waals surface area contributed by atoms with Crippen molar-refractivity contribution >= 4 is 6.09 Å². The van der Waals surface area contributed by atoms with Gasteiger partial charge in [0.25, 0.3) is 0 Å². The van der Waals surface area contributed by atoms with Gasteiger partial charge in [0, 0.05) is 24.6 Å². The van der Waals surface area contributed by atoms with Crippen LogP contribution in [0.15, 0.2) is 24.3 Å². The van der Waals surface area contributed by atoms with Crippen molar-refractivity contribution in [3.63, 3.8) is 0 Å². The first-order valence-corrected chi connectivity index (χ1v) is 8.27. The number of amides is 1. The van der Waals surface area contributed by atoms with Crippen LogP contribution < -0.4 is 0 Å². The number of benzene rings is 1. The van der Waals surface area contributed by atoms with E-state index in [1.165, 1.54) is 12.1 Å². The van der Waals surface area contributed by atoms with E-state index < -0.39 is 17.3 Å². The quantitative estimate of drug-likeness (QED) is 0.721. The summed E-state index contributed by atoms with van der Waals surface area (Å²) in [6, 6.07) is 4.77.